The highest BCUT2D eigenvalue weighted by Gasteiger charge is 2.55. The van der Waals surface area contributed by atoms with Crippen LogP contribution in [0.25, 0.3) is 0 Å². The number of benzene rings is 1. The van der Waals surface area contributed by atoms with Crippen molar-refractivity contribution in [2.75, 3.05) is 39.4 Å². The Kier molecular flexibility index (Phi) is 7.99. The van der Waals surface area contributed by atoms with E-state index in [0.717, 1.165) is 0 Å². The fourth-order valence-electron chi connectivity index (χ4n) is 5.71. The first-order valence-corrected chi connectivity index (χ1v) is 14.2. The van der Waals surface area contributed by atoms with Crippen molar-refractivity contribution >= 4 is 35.0 Å². The number of rotatable bonds is 5. The maximum absolute atomic E-state index is 13.9. The number of halogens is 1. The molecule has 0 N–H and O–H groups in total. The lowest BCUT2D eigenvalue weighted by Crippen LogP contribution is -2.60. The first kappa shape index (κ1) is 27.3. The van der Waals surface area contributed by atoms with Gasteiger partial charge in [-0.05, 0) is 55.5 Å². The molecule has 2 aromatic rings. The Morgan fingerprint density at radius 2 is 1.69 bits per heavy atom. The molecule has 0 bridgehead atoms. The predicted molar refractivity (Wildman–Crippen MR) is 140 cm³/mol. The molecule has 3 aliphatic heterocycles. The van der Waals surface area contributed by atoms with Crippen LogP contribution in [0.5, 0.6) is 0 Å². The van der Waals surface area contributed by atoms with Gasteiger partial charge in [0, 0.05) is 44.6 Å². The summed E-state index contributed by atoms with van der Waals surface area (Å²) in [5, 5.41) is 1.85. The van der Waals surface area contributed by atoms with Crippen LogP contribution in [-0.2, 0) is 19.1 Å². The zero-order valence-electron chi connectivity index (χ0n) is 21.8. The van der Waals surface area contributed by atoms with Crippen LogP contribution in [0, 0.1) is 11.7 Å². The molecule has 0 aliphatic carbocycles. The summed E-state index contributed by atoms with van der Waals surface area (Å²) in [6, 6.07) is 8.01. The van der Waals surface area contributed by atoms with Gasteiger partial charge in [-0.1, -0.05) is 6.07 Å². The fourth-order valence-corrected chi connectivity index (χ4v) is 6.40. The Balaban J connectivity index is 1.34. The van der Waals surface area contributed by atoms with E-state index in [-0.39, 0.29) is 35.9 Å². The number of ether oxygens (including phenoxy) is 2. The predicted octanol–water partition coefficient (Wildman–Crippen LogP) is 3.16. The van der Waals surface area contributed by atoms with Crippen molar-refractivity contribution in [2.45, 2.75) is 44.4 Å². The molecule has 1 aromatic carbocycles. The van der Waals surface area contributed by atoms with Crippen LogP contribution in [0.3, 0.4) is 0 Å². The van der Waals surface area contributed by atoms with Crippen LogP contribution < -0.4 is 0 Å². The van der Waals surface area contributed by atoms with Gasteiger partial charge in [0.2, 0.25) is 5.91 Å². The van der Waals surface area contributed by atoms with Crippen LogP contribution >= 0.6 is 11.3 Å². The number of nitrogens with zero attached hydrogens (tertiary/aromatic N) is 3. The second-order valence-electron chi connectivity index (χ2n) is 10.1. The van der Waals surface area contributed by atoms with Crippen LogP contribution in [0.1, 0.15) is 52.6 Å². The van der Waals surface area contributed by atoms with Crippen molar-refractivity contribution in [3.8, 4) is 0 Å². The Morgan fingerprint density at radius 1 is 1.00 bits per heavy atom. The van der Waals surface area contributed by atoms with Gasteiger partial charge in [0.25, 0.3) is 11.8 Å². The molecule has 3 saturated heterocycles. The Bertz CT molecular complexity index is 1200. The highest BCUT2D eigenvalue weighted by Crippen LogP contribution is 2.39. The minimum absolute atomic E-state index is 0.0302. The zero-order chi connectivity index (χ0) is 27.6. The average molecular weight is 558 g/mol. The van der Waals surface area contributed by atoms with Gasteiger partial charge >= 0.3 is 5.97 Å². The second-order valence-corrected chi connectivity index (χ2v) is 11.0. The molecular formula is C28H32FN3O6S. The summed E-state index contributed by atoms with van der Waals surface area (Å²) in [6.45, 7) is 3.62. The molecule has 5 rings (SSSR count). The summed E-state index contributed by atoms with van der Waals surface area (Å²) in [5.41, 5.74) is -0.793. The van der Waals surface area contributed by atoms with E-state index in [0.29, 0.717) is 63.3 Å². The minimum atomic E-state index is -1.05. The smallest absolute Gasteiger partial charge is 0.309 e. The molecular weight excluding hydrogens is 525 g/mol. The lowest BCUT2D eigenvalue weighted by molar-refractivity contribution is -0.152. The SMILES string of the molecule is CCOC(=O)C1CCN(C(=O)C2COC3(CCN(C(=O)c4cccs4)CC3)N2C(=O)c2ccc(F)cc2)CC1. The molecule has 11 heteroatoms. The maximum atomic E-state index is 13.9. The fraction of sp³-hybridized carbons (Fsp3) is 0.500. The number of piperidine rings is 2. The van der Waals surface area contributed by atoms with Gasteiger partial charge in [0.15, 0.2) is 0 Å². The third kappa shape index (κ3) is 5.42. The van der Waals surface area contributed by atoms with Gasteiger partial charge in [-0.15, -0.1) is 11.3 Å². The number of hydrogen-bond donors (Lipinski definition) is 0. The van der Waals surface area contributed by atoms with Gasteiger partial charge in [0.05, 0.1) is 24.0 Å². The standard InChI is InChI=1S/C28H32FN3O6S/c1-2-37-27(36)20-9-13-30(14-10-20)25(34)22-18-38-28(32(22)24(33)19-5-7-21(29)8-6-19)11-15-31(16-12-28)26(35)23-4-3-17-39-23/h3-8,17,20,22H,2,9-16,18H2,1H3. The van der Waals surface area contributed by atoms with E-state index in [4.69, 9.17) is 9.47 Å². The third-order valence-corrected chi connectivity index (χ3v) is 8.70. The van der Waals surface area contributed by atoms with Gasteiger partial charge in [-0.25, -0.2) is 4.39 Å². The molecule has 0 saturated carbocycles. The number of esters is 1. The summed E-state index contributed by atoms with van der Waals surface area (Å²) in [4.78, 5) is 58.3. The highest BCUT2D eigenvalue weighted by atomic mass is 32.1. The van der Waals surface area contributed by atoms with Crippen molar-refractivity contribution in [2.24, 2.45) is 5.92 Å². The van der Waals surface area contributed by atoms with E-state index in [1.54, 1.807) is 22.8 Å². The van der Waals surface area contributed by atoms with Crippen LogP contribution in [0.15, 0.2) is 41.8 Å². The monoisotopic (exact) mass is 557 g/mol. The summed E-state index contributed by atoms with van der Waals surface area (Å²) in [5.74, 6) is -1.66. The molecule has 39 heavy (non-hydrogen) atoms. The number of hydrogen-bond acceptors (Lipinski definition) is 7. The molecule has 3 fully saturated rings. The number of thiophene rings is 1. The van der Waals surface area contributed by atoms with E-state index < -0.39 is 23.5 Å². The van der Waals surface area contributed by atoms with Crippen molar-refractivity contribution in [1.82, 2.24) is 14.7 Å². The second kappa shape index (κ2) is 11.4. The molecule has 1 unspecified atom stereocenters. The minimum Gasteiger partial charge on any atom is -0.466 e. The van der Waals surface area contributed by atoms with E-state index in [1.807, 2.05) is 11.4 Å². The molecule has 9 nitrogen and oxygen atoms in total. The van der Waals surface area contributed by atoms with E-state index in [1.165, 1.54) is 40.5 Å². The van der Waals surface area contributed by atoms with Gasteiger partial charge < -0.3 is 19.3 Å². The van der Waals surface area contributed by atoms with E-state index in [9.17, 15) is 23.6 Å². The quantitative estimate of drug-likeness (QED) is 0.524. The topological polar surface area (TPSA) is 96.5 Å². The number of likely N-dealkylation sites (tertiary alicyclic amines) is 2. The molecule has 3 amide bonds. The average Bonchev–Trinajstić information content (AvgIpc) is 3.62. The third-order valence-electron chi connectivity index (χ3n) is 7.85. The first-order valence-electron chi connectivity index (χ1n) is 13.3. The normalized spacial score (nSPS) is 21.3. The summed E-state index contributed by atoms with van der Waals surface area (Å²) < 4.78 is 25.0. The van der Waals surface area contributed by atoms with Gasteiger partial charge in [-0.3, -0.25) is 24.1 Å². The molecule has 1 spiro atoms. The van der Waals surface area contributed by atoms with Gasteiger partial charge in [-0.2, -0.15) is 0 Å². The number of amides is 3. The molecule has 4 heterocycles. The highest BCUT2D eigenvalue weighted by molar-refractivity contribution is 7.12. The summed E-state index contributed by atoms with van der Waals surface area (Å²) in [6.07, 6.45) is 1.70. The van der Waals surface area contributed by atoms with Gasteiger partial charge in [0.1, 0.15) is 17.6 Å². The van der Waals surface area contributed by atoms with Crippen molar-refractivity contribution in [1.29, 1.82) is 0 Å². The molecule has 1 aromatic heterocycles. The summed E-state index contributed by atoms with van der Waals surface area (Å²) >= 11 is 1.38. The van der Waals surface area contributed by atoms with Crippen molar-refractivity contribution in [3.05, 3.63) is 58.0 Å². The number of carbonyl (C=O) groups excluding carboxylic acids is 4. The first-order chi connectivity index (χ1) is 18.8. The van der Waals surface area contributed by atoms with E-state index >= 15 is 0 Å². The van der Waals surface area contributed by atoms with Crippen LogP contribution in [0.2, 0.25) is 0 Å². The molecule has 208 valence electrons. The Labute approximate surface area is 230 Å². The number of carbonyl (C=O) groups is 4. The van der Waals surface area contributed by atoms with Crippen molar-refractivity contribution < 1.29 is 33.0 Å². The largest absolute Gasteiger partial charge is 0.466 e. The van der Waals surface area contributed by atoms with E-state index in [2.05, 4.69) is 0 Å². The molecule has 1 atom stereocenters. The van der Waals surface area contributed by atoms with Crippen LogP contribution in [-0.4, -0.2) is 89.6 Å². The Hall–Kier alpha value is -3.31. The summed E-state index contributed by atoms with van der Waals surface area (Å²) in [7, 11) is 0. The lowest BCUT2D eigenvalue weighted by atomic mass is 9.95. The Morgan fingerprint density at radius 3 is 2.31 bits per heavy atom. The zero-order valence-corrected chi connectivity index (χ0v) is 22.7. The molecule has 3 aliphatic rings. The molecule has 0 radical (unpaired) electrons. The lowest BCUT2D eigenvalue weighted by Gasteiger charge is -2.45. The van der Waals surface area contributed by atoms with Crippen molar-refractivity contribution in [3.63, 3.8) is 0 Å². The maximum Gasteiger partial charge on any atom is 0.309 e. The van der Waals surface area contributed by atoms with Crippen LogP contribution in [0.4, 0.5) is 4.39 Å².